The normalized spacial score (nSPS) is 14.5. The number of nitro benzene ring substituents is 1. The number of carbonyl (C=O) groups excluding carboxylic acids is 1. The SMILES string of the molecule is COc1cc(/C=C2\SC(=S)N(c3ccc(Cl)cc3)C2=O)c(Br)cc1OCc1ccc([N+](=O)[O-])cc1. The van der Waals surface area contributed by atoms with Gasteiger partial charge >= 0.3 is 0 Å². The lowest BCUT2D eigenvalue weighted by atomic mass is 10.1. The number of thioether (sulfide) groups is 1. The lowest BCUT2D eigenvalue weighted by Crippen LogP contribution is -2.27. The Morgan fingerprint density at radius 3 is 2.46 bits per heavy atom. The number of carbonyl (C=O) groups is 1. The molecule has 1 aliphatic heterocycles. The fourth-order valence-electron chi connectivity index (χ4n) is 3.23. The third-order valence-corrected chi connectivity index (χ3v) is 7.23. The molecule has 1 saturated heterocycles. The van der Waals surface area contributed by atoms with Crippen molar-refractivity contribution in [3.8, 4) is 11.5 Å². The first-order valence-electron chi connectivity index (χ1n) is 10.0. The summed E-state index contributed by atoms with van der Waals surface area (Å²) in [5.74, 6) is 0.713. The number of benzene rings is 3. The van der Waals surface area contributed by atoms with Crippen LogP contribution in [-0.2, 0) is 11.4 Å². The third kappa shape index (κ3) is 5.67. The predicted molar refractivity (Wildman–Crippen MR) is 145 cm³/mol. The fourth-order valence-corrected chi connectivity index (χ4v) is 5.08. The van der Waals surface area contributed by atoms with Gasteiger partial charge in [0, 0.05) is 21.6 Å². The molecule has 35 heavy (non-hydrogen) atoms. The van der Waals surface area contributed by atoms with E-state index in [2.05, 4.69) is 15.9 Å². The number of halogens is 2. The molecule has 7 nitrogen and oxygen atoms in total. The van der Waals surface area contributed by atoms with Crippen molar-refractivity contribution < 1.29 is 19.2 Å². The van der Waals surface area contributed by atoms with Crippen LogP contribution in [0.3, 0.4) is 0 Å². The van der Waals surface area contributed by atoms with Crippen molar-refractivity contribution in [2.24, 2.45) is 0 Å². The number of hydrogen-bond donors (Lipinski definition) is 0. The first-order valence-corrected chi connectivity index (χ1v) is 12.4. The van der Waals surface area contributed by atoms with Gasteiger partial charge in [0.15, 0.2) is 15.8 Å². The van der Waals surface area contributed by atoms with Gasteiger partial charge in [-0.15, -0.1) is 0 Å². The van der Waals surface area contributed by atoms with Gasteiger partial charge in [0.25, 0.3) is 11.6 Å². The molecule has 0 saturated carbocycles. The number of ether oxygens (including phenoxy) is 2. The van der Waals surface area contributed by atoms with Crippen molar-refractivity contribution in [2.75, 3.05) is 12.0 Å². The second-order valence-electron chi connectivity index (χ2n) is 7.23. The average molecular weight is 592 g/mol. The van der Waals surface area contributed by atoms with Crippen molar-refractivity contribution in [1.29, 1.82) is 0 Å². The van der Waals surface area contributed by atoms with Crippen molar-refractivity contribution in [3.63, 3.8) is 0 Å². The van der Waals surface area contributed by atoms with Crippen LogP contribution in [0.1, 0.15) is 11.1 Å². The van der Waals surface area contributed by atoms with Crippen molar-refractivity contribution in [1.82, 2.24) is 0 Å². The zero-order valence-electron chi connectivity index (χ0n) is 18.1. The number of anilines is 1. The summed E-state index contributed by atoms with van der Waals surface area (Å²) in [6.45, 7) is 0.194. The number of non-ortho nitro benzene ring substituents is 1. The minimum atomic E-state index is -0.452. The molecule has 0 atom stereocenters. The standard InChI is InChI=1S/C24H16BrClN2O5S2/c1-32-20-10-15(11-22-23(29)27(24(34)35-22)17-8-4-16(26)5-9-17)19(25)12-21(20)33-13-14-2-6-18(7-3-14)28(30)31/h2-12H,13H2,1H3/b22-11-. The molecule has 1 aliphatic rings. The van der Waals surface area contributed by atoms with E-state index < -0.39 is 4.92 Å². The van der Waals surface area contributed by atoms with E-state index in [1.54, 1.807) is 54.6 Å². The summed E-state index contributed by atoms with van der Waals surface area (Å²) < 4.78 is 12.5. The predicted octanol–water partition coefficient (Wildman–Crippen LogP) is 7.00. The minimum Gasteiger partial charge on any atom is -0.493 e. The topological polar surface area (TPSA) is 81.9 Å². The van der Waals surface area contributed by atoms with Crippen LogP contribution in [0.2, 0.25) is 5.02 Å². The highest BCUT2D eigenvalue weighted by Gasteiger charge is 2.33. The van der Waals surface area contributed by atoms with Crippen molar-refractivity contribution in [3.05, 3.63) is 96.3 Å². The largest absolute Gasteiger partial charge is 0.493 e. The van der Waals surface area contributed by atoms with Gasteiger partial charge in [0.2, 0.25) is 0 Å². The van der Waals surface area contributed by atoms with Gasteiger partial charge in [-0.25, -0.2) is 0 Å². The number of thiocarbonyl (C=S) groups is 1. The molecule has 0 aromatic heterocycles. The molecular weight excluding hydrogens is 576 g/mol. The number of hydrogen-bond acceptors (Lipinski definition) is 7. The monoisotopic (exact) mass is 590 g/mol. The molecule has 1 amide bonds. The smallest absolute Gasteiger partial charge is 0.270 e. The average Bonchev–Trinajstić information content (AvgIpc) is 3.12. The Morgan fingerprint density at radius 1 is 1.14 bits per heavy atom. The van der Waals surface area contributed by atoms with Gasteiger partial charge < -0.3 is 9.47 Å². The zero-order chi connectivity index (χ0) is 25.1. The number of methoxy groups -OCH3 is 1. The number of nitrogens with zero attached hydrogens (tertiary/aromatic N) is 2. The lowest BCUT2D eigenvalue weighted by molar-refractivity contribution is -0.384. The van der Waals surface area contributed by atoms with Crippen LogP contribution in [0, 0.1) is 10.1 Å². The van der Waals surface area contributed by atoms with E-state index in [4.69, 9.17) is 33.3 Å². The number of nitro groups is 1. The van der Waals surface area contributed by atoms with E-state index in [0.29, 0.717) is 41.5 Å². The molecule has 0 aliphatic carbocycles. The Bertz CT molecular complexity index is 1350. The summed E-state index contributed by atoms with van der Waals surface area (Å²) in [5.41, 5.74) is 2.14. The molecule has 178 valence electrons. The van der Waals surface area contributed by atoms with Crippen LogP contribution in [0.4, 0.5) is 11.4 Å². The molecule has 3 aromatic carbocycles. The molecule has 1 heterocycles. The minimum absolute atomic E-state index is 0.0138. The summed E-state index contributed by atoms with van der Waals surface area (Å²) in [7, 11) is 1.52. The molecule has 0 radical (unpaired) electrons. The summed E-state index contributed by atoms with van der Waals surface area (Å²) in [6.07, 6.45) is 1.74. The molecule has 0 unspecified atom stereocenters. The lowest BCUT2D eigenvalue weighted by Gasteiger charge is -2.14. The highest BCUT2D eigenvalue weighted by Crippen LogP contribution is 2.40. The van der Waals surface area contributed by atoms with Gasteiger partial charge in [-0.3, -0.25) is 19.8 Å². The molecule has 0 bridgehead atoms. The molecule has 11 heteroatoms. The maximum absolute atomic E-state index is 13.1. The van der Waals surface area contributed by atoms with E-state index in [1.807, 2.05) is 0 Å². The second-order valence-corrected chi connectivity index (χ2v) is 10.2. The Kier molecular flexibility index (Phi) is 7.75. The summed E-state index contributed by atoms with van der Waals surface area (Å²) in [6, 6.07) is 16.5. The summed E-state index contributed by atoms with van der Waals surface area (Å²) in [4.78, 5) is 25.4. The van der Waals surface area contributed by atoms with Gasteiger partial charge in [-0.2, -0.15) is 0 Å². The van der Waals surface area contributed by atoms with Gasteiger partial charge in [0.1, 0.15) is 6.61 Å². The Labute approximate surface area is 223 Å². The van der Waals surface area contributed by atoms with Crippen LogP contribution in [0.5, 0.6) is 11.5 Å². The molecule has 4 rings (SSSR count). The van der Waals surface area contributed by atoms with Crippen LogP contribution >= 0.6 is 51.5 Å². The Morgan fingerprint density at radius 2 is 1.83 bits per heavy atom. The Balaban J connectivity index is 1.54. The van der Waals surface area contributed by atoms with Crippen LogP contribution in [0.25, 0.3) is 6.08 Å². The van der Waals surface area contributed by atoms with Gasteiger partial charge in [0.05, 0.1) is 22.6 Å². The highest BCUT2D eigenvalue weighted by molar-refractivity contribution is 9.10. The van der Waals surface area contributed by atoms with E-state index in [0.717, 1.165) is 5.56 Å². The quantitative estimate of drug-likeness (QED) is 0.127. The van der Waals surface area contributed by atoms with E-state index in [-0.39, 0.29) is 18.2 Å². The second kappa shape index (κ2) is 10.8. The summed E-state index contributed by atoms with van der Waals surface area (Å²) >= 11 is 16.1. The maximum Gasteiger partial charge on any atom is 0.270 e. The van der Waals surface area contributed by atoms with Crippen LogP contribution < -0.4 is 14.4 Å². The van der Waals surface area contributed by atoms with Gasteiger partial charge in [-0.1, -0.05) is 51.5 Å². The van der Waals surface area contributed by atoms with Crippen LogP contribution in [0.15, 0.2) is 70.0 Å². The fraction of sp³-hybridized carbons (Fsp3) is 0.0833. The zero-order valence-corrected chi connectivity index (χ0v) is 22.0. The summed E-state index contributed by atoms with van der Waals surface area (Å²) in [5, 5.41) is 11.4. The molecule has 0 N–H and O–H groups in total. The van der Waals surface area contributed by atoms with Crippen molar-refractivity contribution >= 4 is 79.2 Å². The Hall–Kier alpha value is -2.92. The number of amides is 1. The van der Waals surface area contributed by atoms with E-state index in [1.165, 1.54) is 35.9 Å². The first-order chi connectivity index (χ1) is 16.8. The molecule has 3 aromatic rings. The van der Waals surface area contributed by atoms with Gasteiger partial charge in [-0.05, 0) is 65.7 Å². The van der Waals surface area contributed by atoms with Crippen LogP contribution in [-0.4, -0.2) is 22.3 Å². The van der Waals surface area contributed by atoms with E-state index >= 15 is 0 Å². The number of rotatable bonds is 7. The van der Waals surface area contributed by atoms with E-state index in [9.17, 15) is 14.9 Å². The molecule has 1 fully saturated rings. The third-order valence-electron chi connectivity index (χ3n) is 4.99. The first kappa shape index (κ1) is 25.2. The van der Waals surface area contributed by atoms with Crippen molar-refractivity contribution in [2.45, 2.75) is 6.61 Å². The highest BCUT2D eigenvalue weighted by atomic mass is 79.9. The molecular formula is C24H16BrClN2O5S2. The molecule has 0 spiro atoms. The maximum atomic E-state index is 13.1.